The Hall–Kier alpha value is -1.75. The van der Waals surface area contributed by atoms with Crippen molar-refractivity contribution in [1.29, 1.82) is 0 Å². The molecule has 1 aromatic carbocycles. The summed E-state index contributed by atoms with van der Waals surface area (Å²) >= 11 is 3.36. The van der Waals surface area contributed by atoms with Gasteiger partial charge < -0.3 is 0 Å². The Balaban J connectivity index is 1.58. The Morgan fingerprint density at radius 3 is 2.19 bits per heavy atom. The molecule has 2 amide bonds. The van der Waals surface area contributed by atoms with Gasteiger partial charge in [0.15, 0.2) is 0 Å². The average Bonchev–Trinajstić information content (AvgIpc) is 3.14. The van der Waals surface area contributed by atoms with E-state index in [9.17, 15) is 9.59 Å². The van der Waals surface area contributed by atoms with Gasteiger partial charge in [-0.3, -0.25) is 9.59 Å². The number of carbonyl (C=O) groups is 2. The van der Waals surface area contributed by atoms with Gasteiger partial charge in [0.25, 0.3) is 11.8 Å². The molecule has 21 heavy (non-hydrogen) atoms. The molecule has 0 radical (unpaired) electrons. The van der Waals surface area contributed by atoms with Crippen molar-refractivity contribution in [3.05, 3.63) is 46.5 Å². The molecule has 1 aromatic rings. The summed E-state index contributed by atoms with van der Waals surface area (Å²) in [6.07, 6.45) is 6.67. The Kier molecular flexibility index (Phi) is 2.85. The van der Waals surface area contributed by atoms with Crippen LogP contribution in [0.4, 0.5) is 0 Å². The fourth-order valence-corrected chi connectivity index (χ4v) is 3.94. The lowest BCUT2D eigenvalue weighted by atomic mass is 9.85. The predicted molar refractivity (Wildman–Crippen MR) is 81.3 cm³/mol. The number of imide groups is 1. The average molecular weight is 345 g/mol. The van der Waals surface area contributed by atoms with E-state index in [2.05, 4.69) is 33.2 Å². The molecule has 5 heteroatoms. The van der Waals surface area contributed by atoms with Gasteiger partial charge in [0.1, 0.15) is 0 Å². The van der Waals surface area contributed by atoms with Crippen molar-refractivity contribution in [3.8, 4) is 0 Å². The second kappa shape index (κ2) is 4.63. The summed E-state index contributed by atoms with van der Waals surface area (Å²) in [5.41, 5.74) is 0.858. The van der Waals surface area contributed by atoms with Crippen LogP contribution in [0, 0.1) is 23.7 Å². The maximum atomic E-state index is 12.4. The highest BCUT2D eigenvalue weighted by Crippen LogP contribution is 2.52. The molecular formula is C16H13BrN2O2. The number of carbonyl (C=O) groups excluding carboxylic acids is 2. The van der Waals surface area contributed by atoms with E-state index in [0.29, 0.717) is 0 Å². The zero-order valence-electron chi connectivity index (χ0n) is 11.1. The lowest BCUT2D eigenvalue weighted by Gasteiger charge is -2.13. The van der Waals surface area contributed by atoms with Crippen molar-refractivity contribution in [2.75, 3.05) is 0 Å². The van der Waals surface area contributed by atoms with Crippen LogP contribution in [0.3, 0.4) is 0 Å². The van der Waals surface area contributed by atoms with Crippen LogP contribution in [0.5, 0.6) is 0 Å². The minimum absolute atomic E-state index is 0.143. The molecule has 2 aliphatic carbocycles. The molecule has 4 atom stereocenters. The third kappa shape index (κ3) is 1.91. The first kappa shape index (κ1) is 13.0. The number of hydrogen-bond donors (Lipinski definition) is 0. The molecular weight excluding hydrogens is 332 g/mol. The summed E-state index contributed by atoms with van der Waals surface area (Å²) in [5.74, 6) is -0.205. The number of hydrogen-bond acceptors (Lipinski definition) is 3. The molecule has 1 aliphatic heterocycles. The van der Waals surface area contributed by atoms with Crippen molar-refractivity contribution in [2.45, 2.75) is 6.42 Å². The Morgan fingerprint density at radius 2 is 1.62 bits per heavy atom. The van der Waals surface area contributed by atoms with Crippen LogP contribution >= 0.6 is 15.9 Å². The largest absolute Gasteiger partial charge is 0.272 e. The molecule has 4 unspecified atom stereocenters. The summed E-state index contributed by atoms with van der Waals surface area (Å²) in [6.45, 7) is 0. The Labute approximate surface area is 130 Å². The number of hydrazone groups is 1. The normalized spacial score (nSPS) is 33.5. The quantitative estimate of drug-likeness (QED) is 0.470. The summed E-state index contributed by atoms with van der Waals surface area (Å²) in [4.78, 5) is 24.8. The van der Waals surface area contributed by atoms with E-state index in [0.717, 1.165) is 21.5 Å². The minimum Gasteiger partial charge on any atom is -0.272 e. The van der Waals surface area contributed by atoms with Crippen LogP contribution in [-0.2, 0) is 9.59 Å². The second-order valence-electron chi connectivity index (χ2n) is 5.78. The second-order valence-corrected chi connectivity index (χ2v) is 6.70. The van der Waals surface area contributed by atoms with E-state index in [4.69, 9.17) is 0 Å². The molecule has 1 saturated carbocycles. The standard InChI is InChI=1S/C16H13BrN2O2/c17-12-5-1-9(2-6-12)8-18-19-15(20)13-10-3-4-11(7-10)14(13)16(19)21/h1-6,8,10-11,13-14H,7H2. The molecule has 4 nitrogen and oxygen atoms in total. The minimum atomic E-state index is -0.186. The molecule has 1 saturated heterocycles. The Bertz CT molecular complexity index is 650. The van der Waals surface area contributed by atoms with E-state index in [1.165, 1.54) is 0 Å². The van der Waals surface area contributed by atoms with Crippen molar-refractivity contribution >= 4 is 34.0 Å². The van der Waals surface area contributed by atoms with E-state index in [1.54, 1.807) is 6.21 Å². The Morgan fingerprint density at radius 1 is 1.05 bits per heavy atom. The van der Waals surface area contributed by atoms with Crippen LogP contribution in [0.1, 0.15) is 12.0 Å². The SMILES string of the molecule is O=C1C2C3C=CC(C3)C2C(=O)N1N=Cc1ccc(Br)cc1. The molecule has 0 spiro atoms. The molecule has 2 fully saturated rings. The third-order valence-corrected chi connectivity index (χ3v) is 5.17. The summed E-state index contributed by atoms with van der Waals surface area (Å²) < 4.78 is 0.977. The molecule has 106 valence electrons. The van der Waals surface area contributed by atoms with Crippen LogP contribution in [-0.4, -0.2) is 23.0 Å². The smallest absolute Gasteiger partial charge is 0.254 e. The van der Waals surface area contributed by atoms with Gasteiger partial charge >= 0.3 is 0 Å². The lowest BCUT2D eigenvalue weighted by Crippen LogP contribution is -2.28. The zero-order valence-corrected chi connectivity index (χ0v) is 12.7. The molecule has 1 heterocycles. The van der Waals surface area contributed by atoms with E-state index in [-0.39, 0.29) is 35.5 Å². The van der Waals surface area contributed by atoms with Crippen molar-refractivity contribution in [1.82, 2.24) is 5.01 Å². The summed E-state index contributed by atoms with van der Waals surface area (Å²) in [7, 11) is 0. The number of amides is 2. The number of allylic oxidation sites excluding steroid dienone is 2. The van der Waals surface area contributed by atoms with Gasteiger partial charge in [0.2, 0.25) is 0 Å². The van der Waals surface area contributed by atoms with Crippen LogP contribution in [0.2, 0.25) is 0 Å². The summed E-state index contributed by atoms with van der Waals surface area (Å²) in [5, 5.41) is 5.20. The molecule has 2 bridgehead atoms. The maximum Gasteiger partial charge on any atom is 0.254 e. The van der Waals surface area contributed by atoms with Gasteiger partial charge in [-0.2, -0.15) is 10.1 Å². The fourth-order valence-electron chi connectivity index (χ4n) is 3.67. The zero-order chi connectivity index (χ0) is 14.6. The van der Waals surface area contributed by atoms with Gasteiger partial charge in [-0.25, -0.2) is 0 Å². The van der Waals surface area contributed by atoms with Crippen LogP contribution < -0.4 is 0 Å². The van der Waals surface area contributed by atoms with Crippen molar-refractivity contribution in [3.63, 3.8) is 0 Å². The lowest BCUT2D eigenvalue weighted by molar-refractivity contribution is -0.140. The highest BCUT2D eigenvalue weighted by molar-refractivity contribution is 9.10. The third-order valence-electron chi connectivity index (χ3n) is 4.64. The van der Waals surface area contributed by atoms with Crippen molar-refractivity contribution < 1.29 is 9.59 Å². The number of rotatable bonds is 2. The van der Waals surface area contributed by atoms with Gasteiger partial charge in [-0.15, -0.1) is 0 Å². The first-order valence-electron chi connectivity index (χ1n) is 7.01. The topological polar surface area (TPSA) is 49.7 Å². The molecule has 4 rings (SSSR count). The van der Waals surface area contributed by atoms with Crippen LogP contribution in [0.15, 0.2) is 46.0 Å². The van der Waals surface area contributed by atoms with Gasteiger partial charge in [-0.05, 0) is 36.0 Å². The van der Waals surface area contributed by atoms with E-state index < -0.39 is 0 Å². The van der Waals surface area contributed by atoms with E-state index >= 15 is 0 Å². The van der Waals surface area contributed by atoms with Gasteiger partial charge in [0.05, 0.1) is 18.1 Å². The molecule has 0 aromatic heterocycles. The fraction of sp³-hybridized carbons (Fsp3) is 0.312. The van der Waals surface area contributed by atoms with Gasteiger partial charge in [-0.1, -0.05) is 40.2 Å². The highest BCUT2D eigenvalue weighted by atomic mass is 79.9. The summed E-state index contributed by atoms with van der Waals surface area (Å²) in [6, 6.07) is 7.55. The first-order valence-corrected chi connectivity index (χ1v) is 7.80. The number of benzene rings is 1. The maximum absolute atomic E-state index is 12.4. The number of halogens is 1. The molecule has 0 N–H and O–H groups in total. The first-order chi connectivity index (χ1) is 10.1. The number of nitrogens with zero attached hydrogens (tertiary/aromatic N) is 2. The van der Waals surface area contributed by atoms with Crippen LogP contribution in [0.25, 0.3) is 0 Å². The number of fused-ring (bicyclic) bond motifs is 5. The molecule has 3 aliphatic rings. The van der Waals surface area contributed by atoms with Crippen molar-refractivity contribution in [2.24, 2.45) is 28.8 Å². The van der Waals surface area contributed by atoms with E-state index in [1.807, 2.05) is 24.3 Å². The predicted octanol–water partition coefficient (Wildman–Crippen LogP) is 2.59. The monoisotopic (exact) mass is 344 g/mol. The van der Waals surface area contributed by atoms with Gasteiger partial charge in [0, 0.05) is 4.47 Å². The highest BCUT2D eigenvalue weighted by Gasteiger charge is 2.59.